The molecule has 1 aromatic carbocycles. The number of amides is 1. The van der Waals surface area contributed by atoms with Crippen molar-refractivity contribution in [2.75, 3.05) is 12.4 Å². The van der Waals surface area contributed by atoms with Crippen LogP contribution in [0, 0.1) is 6.92 Å². The van der Waals surface area contributed by atoms with Crippen LogP contribution in [0.2, 0.25) is 5.02 Å². The Labute approximate surface area is 165 Å². The number of hydrogen-bond donors (Lipinski definition) is 1. The summed E-state index contributed by atoms with van der Waals surface area (Å²) in [5.74, 6) is 1.02. The number of anilines is 1. The zero-order valence-corrected chi connectivity index (χ0v) is 16.5. The highest BCUT2D eigenvalue weighted by Gasteiger charge is 2.20. The Morgan fingerprint density at radius 1 is 1.48 bits per heavy atom. The number of thioether (sulfide) groups is 1. The first-order valence-corrected chi connectivity index (χ1v) is 9.34. The number of methoxy groups -OCH3 is 1. The standard InChI is InChI=1S/C17H18ClN5O3S/c1-10-7-14(15(25-3)8-13(10)18)19-16(24)11(2)27-17-20-21-22-23(17)9-12-5-4-6-26-12/h4-8,11H,9H2,1-3H3,(H,19,24). The maximum atomic E-state index is 12.6. The van der Waals surface area contributed by atoms with E-state index < -0.39 is 5.25 Å². The molecule has 1 N–H and O–H groups in total. The maximum Gasteiger partial charge on any atom is 0.237 e. The molecule has 1 atom stereocenters. The van der Waals surface area contributed by atoms with E-state index in [1.165, 1.54) is 18.9 Å². The topological polar surface area (TPSA) is 95.1 Å². The summed E-state index contributed by atoms with van der Waals surface area (Å²) in [7, 11) is 1.53. The highest BCUT2D eigenvalue weighted by Crippen LogP contribution is 2.32. The van der Waals surface area contributed by atoms with Gasteiger partial charge in [-0.15, -0.1) is 5.10 Å². The molecule has 0 radical (unpaired) electrons. The number of carbonyl (C=O) groups excluding carboxylic acids is 1. The minimum atomic E-state index is -0.438. The van der Waals surface area contributed by atoms with Crippen LogP contribution in [0.5, 0.6) is 5.75 Å². The molecule has 142 valence electrons. The molecule has 10 heteroatoms. The highest BCUT2D eigenvalue weighted by molar-refractivity contribution is 8.00. The molecule has 2 aromatic heterocycles. The van der Waals surface area contributed by atoms with E-state index in [-0.39, 0.29) is 5.91 Å². The second-order valence-electron chi connectivity index (χ2n) is 5.75. The number of ether oxygens (including phenoxy) is 1. The number of rotatable bonds is 7. The number of furan rings is 1. The molecule has 8 nitrogen and oxygen atoms in total. The molecule has 3 aromatic rings. The fourth-order valence-corrected chi connectivity index (χ4v) is 3.25. The molecule has 0 saturated carbocycles. The summed E-state index contributed by atoms with van der Waals surface area (Å²) < 4.78 is 12.2. The van der Waals surface area contributed by atoms with E-state index in [9.17, 15) is 4.79 Å². The van der Waals surface area contributed by atoms with E-state index >= 15 is 0 Å². The number of carbonyl (C=O) groups is 1. The van der Waals surface area contributed by atoms with Crippen molar-refractivity contribution in [3.05, 3.63) is 46.9 Å². The third-order valence-electron chi connectivity index (χ3n) is 3.77. The zero-order chi connectivity index (χ0) is 19.4. The molecule has 1 unspecified atom stereocenters. The van der Waals surface area contributed by atoms with Gasteiger partial charge < -0.3 is 14.5 Å². The summed E-state index contributed by atoms with van der Waals surface area (Å²) in [6.07, 6.45) is 1.59. The fourth-order valence-electron chi connectivity index (χ4n) is 2.31. The average molecular weight is 408 g/mol. The number of aromatic nitrogens is 4. The molecular formula is C17H18ClN5O3S. The van der Waals surface area contributed by atoms with Crippen LogP contribution in [-0.4, -0.2) is 38.5 Å². The van der Waals surface area contributed by atoms with Crippen LogP contribution in [-0.2, 0) is 11.3 Å². The third kappa shape index (κ3) is 4.61. The first-order chi connectivity index (χ1) is 13.0. The number of hydrogen-bond acceptors (Lipinski definition) is 7. The Bertz CT molecular complexity index is 929. The zero-order valence-electron chi connectivity index (χ0n) is 15.0. The Kier molecular flexibility index (Phi) is 6.02. The van der Waals surface area contributed by atoms with Crippen LogP contribution < -0.4 is 10.1 Å². The summed E-state index contributed by atoms with van der Waals surface area (Å²) in [6.45, 7) is 4.03. The van der Waals surface area contributed by atoms with Crippen LogP contribution in [0.15, 0.2) is 40.1 Å². The number of benzene rings is 1. The molecule has 0 aliphatic carbocycles. The number of nitrogens with zero attached hydrogens (tertiary/aromatic N) is 4. The lowest BCUT2D eigenvalue weighted by Gasteiger charge is -2.15. The van der Waals surface area contributed by atoms with Gasteiger partial charge in [0.1, 0.15) is 18.1 Å². The molecule has 2 heterocycles. The SMILES string of the molecule is COc1cc(Cl)c(C)cc1NC(=O)C(C)Sc1nnnn1Cc1ccco1. The van der Waals surface area contributed by atoms with Gasteiger partial charge in [-0.1, -0.05) is 23.4 Å². The summed E-state index contributed by atoms with van der Waals surface area (Å²) in [5, 5.41) is 15.1. The van der Waals surface area contributed by atoms with Gasteiger partial charge in [0.15, 0.2) is 0 Å². The number of aryl methyl sites for hydroxylation is 1. The van der Waals surface area contributed by atoms with E-state index in [2.05, 4.69) is 20.8 Å². The molecule has 0 saturated heterocycles. The maximum absolute atomic E-state index is 12.6. The number of tetrazole rings is 1. The number of halogens is 1. The lowest BCUT2D eigenvalue weighted by Crippen LogP contribution is -2.23. The van der Waals surface area contributed by atoms with E-state index in [1.807, 2.05) is 13.0 Å². The molecule has 0 bridgehead atoms. The van der Waals surface area contributed by atoms with Crippen molar-refractivity contribution >= 4 is 35.0 Å². The molecule has 0 aliphatic heterocycles. The second-order valence-corrected chi connectivity index (χ2v) is 7.46. The summed E-state index contributed by atoms with van der Waals surface area (Å²) in [6, 6.07) is 7.08. The summed E-state index contributed by atoms with van der Waals surface area (Å²) >= 11 is 7.36. The van der Waals surface area contributed by atoms with Crippen molar-refractivity contribution in [3.8, 4) is 5.75 Å². The lowest BCUT2D eigenvalue weighted by atomic mass is 10.2. The second kappa shape index (κ2) is 8.45. The molecule has 0 fully saturated rings. The van der Waals surface area contributed by atoms with Crippen LogP contribution in [0.3, 0.4) is 0 Å². The summed E-state index contributed by atoms with van der Waals surface area (Å²) in [5.41, 5.74) is 1.41. The van der Waals surface area contributed by atoms with Crippen molar-refractivity contribution in [2.24, 2.45) is 0 Å². The van der Waals surface area contributed by atoms with Crippen molar-refractivity contribution in [1.82, 2.24) is 20.2 Å². The first kappa shape index (κ1) is 19.2. The Morgan fingerprint density at radius 3 is 3.00 bits per heavy atom. The minimum absolute atomic E-state index is 0.201. The van der Waals surface area contributed by atoms with Gasteiger partial charge in [-0.05, 0) is 48.0 Å². The molecule has 27 heavy (non-hydrogen) atoms. The smallest absolute Gasteiger partial charge is 0.237 e. The predicted octanol–water partition coefficient (Wildman–Crippen LogP) is 3.40. The van der Waals surface area contributed by atoms with Gasteiger partial charge in [-0.25, -0.2) is 4.68 Å². The van der Waals surface area contributed by atoms with Gasteiger partial charge in [-0.2, -0.15) is 0 Å². The van der Waals surface area contributed by atoms with Crippen LogP contribution in [0.4, 0.5) is 5.69 Å². The highest BCUT2D eigenvalue weighted by atomic mass is 35.5. The van der Waals surface area contributed by atoms with E-state index in [1.54, 1.807) is 36.1 Å². The molecule has 0 aliphatic rings. The average Bonchev–Trinajstić information content (AvgIpc) is 3.30. The molecule has 1 amide bonds. The van der Waals surface area contributed by atoms with Crippen LogP contribution in [0.1, 0.15) is 18.2 Å². The number of nitrogens with one attached hydrogen (secondary N) is 1. The van der Waals surface area contributed by atoms with Crippen molar-refractivity contribution in [1.29, 1.82) is 0 Å². The van der Waals surface area contributed by atoms with Crippen molar-refractivity contribution in [2.45, 2.75) is 30.8 Å². The van der Waals surface area contributed by atoms with E-state index in [0.717, 1.165) is 11.3 Å². The predicted molar refractivity (Wildman–Crippen MR) is 102 cm³/mol. The molecular weight excluding hydrogens is 390 g/mol. The van der Waals surface area contributed by atoms with Gasteiger partial charge >= 0.3 is 0 Å². The monoisotopic (exact) mass is 407 g/mol. The largest absolute Gasteiger partial charge is 0.495 e. The van der Waals surface area contributed by atoms with E-state index in [0.29, 0.717) is 28.2 Å². The van der Waals surface area contributed by atoms with E-state index in [4.69, 9.17) is 20.8 Å². The minimum Gasteiger partial charge on any atom is -0.495 e. The summed E-state index contributed by atoms with van der Waals surface area (Å²) in [4.78, 5) is 12.6. The van der Waals surface area contributed by atoms with Gasteiger partial charge in [0.2, 0.25) is 11.1 Å². The van der Waals surface area contributed by atoms with Crippen molar-refractivity contribution in [3.63, 3.8) is 0 Å². The van der Waals surface area contributed by atoms with Crippen molar-refractivity contribution < 1.29 is 13.9 Å². The molecule has 3 rings (SSSR count). The Balaban J connectivity index is 1.69. The third-order valence-corrected chi connectivity index (χ3v) is 5.25. The lowest BCUT2D eigenvalue weighted by molar-refractivity contribution is -0.115. The Morgan fingerprint density at radius 2 is 2.30 bits per heavy atom. The van der Waals surface area contributed by atoms with Gasteiger partial charge in [0.25, 0.3) is 0 Å². The van der Waals surface area contributed by atoms with Gasteiger partial charge in [0, 0.05) is 11.1 Å². The first-order valence-electron chi connectivity index (χ1n) is 8.08. The quantitative estimate of drug-likeness (QED) is 0.599. The molecule has 0 spiro atoms. The fraction of sp³-hybridized carbons (Fsp3) is 0.294. The van der Waals surface area contributed by atoms with Crippen LogP contribution >= 0.6 is 23.4 Å². The van der Waals surface area contributed by atoms with Gasteiger partial charge in [0.05, 0.1) is 24.3 Å². The Hall–Kier alpha value is -2.52. The van der Waals surface area contributed by atoms with Gasteiger partial charge in [-0.3, -0.25) is 4.79 Å². The normalized spacial score (nSPS) is 12.0. The van der Waals surface area contributed by atoms with Crippen LogP contribution in [0.25, 0.3) is 0 Å².